The van der Waals surface area contributed by atoms with E-state index in [-0.39, 0.29) is 18.1 Å². The van der Waals surface area contributed by atoms with E-state index in [0.29, 0.717) is 30.9 Å². The van der Waals surface area contributed by atoms with Gasteiger partial charge in [-0.25, -0.2) is 0 Å². The Morgan fingerprint density at radius 2 is 2.00 bits per heavy atom. The number of hydrogen-bond acceptors (Lipinski definition) is 6. The molecule has 7 heteroatoms. The Labute approximate surface area is 153 Å². The Hall–Kier alpha value is -2.14. The van der Waals surface area contributed by atoms with E-state index in [1.807, 2.05) is 0 Å². The highest BCUT2D eigenvalue weighted by Gasteiger charge is 2.29. The SMILES string of the molecule is N#Cc1ccc(O[C@@H]2COCC[C@H]2NC(=O)CCN2CCOCC2)cc1. The highest BCUT2D eigenvalue weighted by atomic mass is 16.5. The molecule has 0 spiro atoms. The number of hydrogen-bond donors (Lipinski definition) is 1. The molecule has 0 saturated carbocycles. The van der Waals surface area contributed by atoms with Crippen molar-refractivity contribution in [2.45, 2.75) is 25.0 Å². The fourth-order valence-electron chi connectivity index (χ4n) is 3.14. The first-order chi connectivity index (χ1) is 12.7. The third kappa shape index (κ3) is 5.43. The van der Waals surface area contributed by atoms with Gasteiger partial charge in [0.05, 0.1) is 37.5 Å². The summed E-state index contributed by atoms with van der Waals surface area (Å²) >= 11 is 0. The minimum atomic E-state index is -0.232. The summed E-state index contributed by atoms with van der Waals surface area (Å²) in [6.45, 7) is 5.05. The van der Waals surface area contributed by atoms with E-state index >= 15 is 0 Å². The number of nitrogens with zero attached hydrogens (tertiary/aromatic N) is 2. The van der Waals surface area contributed by atoms with Crippen molar-refractivity contribution in [3.05, 3.63) is 29.8 Å². The molecule has 1 aromatic rings. The van der Waals surface area contributed by atoms with Crippen LogP contribution in [0.15, 0.2) is 24.3 Å². The van der Waals surface area contributed by atoms with Gasteiger partial charge in [-0.3, -0.25) is 9.69 Å². The molecular formula is C19H25N3O4. The summed E-state index contributed by atoms with van der Waals surface area (Å²) < 4.78 is 16.8. The molecule has 0 unspecified atom stereocenters. The molecule has 0 radical (unpaired) electrons. The van der Waals surface area contributed by atoms with E-state index in [1.54, 1.807) is 24.3 Å². The molecule has 0 aromatic heterocycles. The van der Waals surface area contributed by atoms with Gasteiger partial charge in [0.15, 0.2) is 0 Å². The van der Waals surface area contributed by atoms with Crippen molar-refractivity contribution in [3.63, 3.8) is 0 Å². The van der Waals surface area contributed by atoms with E-state index in [4.69, 9.17) is 19.5 Å². The molecule has 26 heavy (non-hydrogen) atoms. The second kappa shape index (κ2) is 9.53. The fourth-order valence-corrected chi connectivity index (χ4v) is 3.14. The predicted octanol–water partition coefficient (Wildman–Crippen LogP) is 0.933. The van der Waals surface area contributed by atoms with Gasteiger partial charge in [-0.2, -0.15) is 5.26 Å². The maximum absolute atomic E-state index is 12.3. The molecule has 0 aliphatic carbocycles. The van der Waals surface area contributed by atoms with Gasteiger partial charge in [-0.05, 0) is 30.7 Å². The zero-order valence-electron chi connectivity index (χ0n) is 14.9. The van der Waals surface area contributed by atoms with Crippen molar-refractivity contribution in [3.8, 4) is 11.8 Å². The molecule has 0 bridgehead atoms. The zero-order valence-corrected chi connectivity index (χ0v) is 14.9. The number of nitrogens with one attached hydrogen (secondary N) is 1. The maximum Gasteiger partial charge on any atom is 0.221 e. The summed E-state index contributed by atoms with van der Waals surface area (Å²) in [4.78, 5) is 14.6. The van der Waals surface area contributed by atoms with Gasteiger partial charge in [0.25, 0.3) is 0 Å². The van der Waals surface area contributed by atoms with Crippen LogP contribution in [-0.2, 0) is 14.3 Å². The van der Waals surface area contributed by atoms with E-state index in [0.717, 1.165) is 39.3 Å². The lowest BCUT2D eigenvalue weighted by Crippen LogP contribution is -2.51. The molecule has 1 aromatic carbocycles. The van der Waals surface area contributed by atoms with Crippen LogP contribution in [0.5, 0.6) is 5.75 Å². The van der Waals surface area contributed by atoms with Gasteiger partial charge in [-0.15, -0.1) is 0 Å². The van der Waals surface area contributed by atoms with Crippen LogP contribution in [0.2, 0.25) is 0 Å². The van der Waals surface area contributed by atoms with Crippen LogP contribution >= 0.6 is 0 Å². The van der Waals surface area contributed by atoms with Gasteiger partial charge >= 0.3 is 0 Å². The summed E-state index contributed by atoms with van der Waals surface area (Å²) in [5, 5.41) is 12.0. The second-order valence-corrected chi connectivity index (χ2v) is 6.53. The second-order valence-electron chi connectivity index (χ2n) is 6.53. The van der Waals surface area contributed by atoms with Crippen molar-refractivity contribution in [1.29, 1.82) is 5.26 Å². The monoisotopic (exact) mass is 359 g/mol. The molecule has 2 heterocycles. The van der Waals surface area contributed by atoms with Crippen molar-refractivity contribution in [1.82, 2.24) is 10.2 Å². The number of ether oxygens (including phenoxy) is 3. The summed E-state index contributed by atoms with van der Waals surface area (Å²) in [6.07, 6.45) is 0.967. The van der Waals surface area contributed by atoms with Crippen LogP contribution in [0.25, 0.3) is 0 Å². The van der Waals surface area contributed by atoms with Crippen LogP contribution < -0.4 is 10.1 Å². The Balaban J connectivity index is 1.49. The Morgan fingerprint density at radius 3 is 2.73 bits per heavy atom. The lowest BCUT2D eigenvalue weighted by molar-refractivity contribution is -0.124. The summed E-state index contributed by atoms with van der Waals surface area (Å²) in [5.74, 6) is 0.712. The molecule has 1 N–H and O–H groups in total. The average Bonchev–Trinajstić information content (AvgIpc) is 2.69. The van der Waals surface area contributed by atoms with Crippen molar-refractivity contribution in [2.75, 3.05) is 46.1 Å². The third-order valence-electron chi connectivity index (χ3n) is 4.68. The molecule has 1 amide bonds. The molecular weight excluding hydrogens is 334 g/mol. The molecule has 2 aliphatic heterocycles. The topological polar surface area (TPSA) is 83.8 Å². The summed E-state index contributed by atoms with van der Waals surface area (Å²) in [6, 6.07) is 8.98. The van der Waals surface area contributed by atoms with Crippen molar-refractivity contribution >= 4 is 5.91 Å². The molecule has 2 fully saturated rings. The highest BCUT2D eigenvalue weighted by molar-refractivity contribution is 5.76. The Kier molecular flexibility index (Phi) is 6.83. The van der Waals surface area contributed by atoms with Crippen LogP contribution in [-0.4, -0.2) is 69.0 Å². The Bertz CT molecular complexity index is 623. The minimum Gasteiger partial charge on any atom is -0.486 e. The first-order valence-corrected chi connectivity index (χ1v) is 9.08. The standard InChI is InChI=1S/C19H25N3O4/c20-13-15-1-3-16(4-2-15)26-18-14-25-10-6-17(18)21-19(23)5-7-22-8-11-24-12-9-22/h1-4,17-18H,5-12,14H2,(H,21,23)/t17-,18-/m1/s1. The molecule has 140 valence electrons. The quantitative estimate of drug-likeness (QED) is 0.814. The first kappa shape index (κ1) is 18.6. The number of amides is 1. The van der Waals surface area contributed by atoms with Crippen LogP contribution in [0, 0.1) is 11.3 Å². The third-order valence-corrected chi connectivity index (χ3v) is 4.68. The van der Waals surface area contributed by atoms with Gasteiger partial charge in [0, 0.05) is 32.7 Å². The largest absolute Gasteiger partial charge is 0.486 e. The highest BCUT2D eigenvalue weighted by Crippen LogP contribution is 2.18. The van der Waals surface area contributed by atoms with Crippen molar-refractivity contribution in [2.24, 2.45) is 0 Å². The number of benzene rings is 1. The van der Waals surface area contributed by atoms with Gasteiger partial charge < -0.3 is 19.5 Å². The molecule has 3 rings (SSSR count). The van der Waals surface area contributed by atoms with Crippen LogP contribution in [0.1, 0.15) is 18.4 Å². The number of rotatable bonds is 6. The number of carbonyl (C=O) groups is 1. The minimum absolute atomic E-state index is 0.0387. The van der Waals surface area contributed by atoms with E-state index in [1.165, 1.54) is 0 Å². The fraction of sp³-hybridized carbons (Fsp3) is 0.579. The molecule has 2 saturated heterocycles. The maximum atomic E-state index is 12.3. The predicted molar refractivity (Wildman–Crippen MR) is 94.8 cm³/mol. The molecule has 2 aliphatic rings. The van der Waals surface area contributed by atoms with E-state index < -0.39 is 0 Å². The summed E-state index contributed by atoms with van der Waals surface area (Å²) in [5.41, 5.74) is 0.588. The Morgan fingerprint density at radius 1 is 1.23 bits per heavy atom. The van der Waals surface area contributed by atoms with Gasteiger partial charge in [0.1, 0.15) is 11.9 Å². The lowest BCUT2D eigenvalue weighted by Gasteiger charge is -2.33. The van der Waals surface area contributed by atoms with E-state index in [9.17, 15) is 4.79 Å². The summed E-state index contributed by atoms with van der Waals surface area (Å²) in [7, 11) is 0. The van der Waals surface area contributed by atoms with Crippen molar-refractivity contribution < 1.29 is 19.0 Å². The number of carbonyl (C=O) groups excluding carboxylic acids is 1. The van der Waals surface area contributed by atoms with Gasteiger partial charge in [0.2, 0.25) is 5.91 Å². The number of morpholine rings is 1. The molecule has 7 nitrogen and oxygen atoms in total. The zero-order chi connectivity index (χ0) is 18.2. The number of nitriles is 1. The van der Waals surface area contributed by atoms with Gasteiger partial charge in [-0.1, -0.05) is 0 Å². The molecule has 2 atom stereocenters. The van der Waals surface area contributed by atoms with Crippen LogP contribution in [0.3, 0.4) is 0 Å². The van der Waals surface area contributed by atoms with E-state index in [2.05, 4.69) is 16.3 Å². The lowest BCUT2D eigenvalue weighted by atomic mass is 10.1. The normalized spacial score (nSPS) is 23.8. The smallest absolute Gasteiger partial charge is 0.221 e. The average molecular weight is 359 g/mol. The first-order valence-electron chi connectivity index (χ1n) is 9.08. The van der Waals surface area contributed by atoms with Crippen LogP contribution in [0.4, 0.5) is 0 Å².